The number of halogens is 1. The van der Waals surface area contributed by atoms with Gasteiger partial charge in [-0.2, -0.15) is 0 Å². The van der Waals surface area contributed by atoms with Crippen LogP contribution in [0.15, 0.2) is 24.3 Å². The largest absolute Gasteiger partial charge is 0.460 e. The first-order valence-electron chi connectivity index (χ1n) is 10.2. The van der Waals surface area contributed by atoms with Gasteiger partial charge in [-0.1, -0.05) is 50.9 Å². The second-order valence-corrected chi connectivity index (χ2v) is 8.41. The van der Waals surface area contributed by atoms with Gasteiger partial charge < -0.3 is 14.8 Å². The van der Waals surface area contributed by atoms with Crippen molar-refractivity contribution >= 4 is 29.4 Å². The monoisotopic (exact) mass is 423 g/mol. The molecule has 0 heterocycles. The highest BCUT2D eigenvalue weighted by Gasteiger charge is 2.33. The van der Waals surface area contributed by atoms with Crippen LogP contribution < -0.4 is 5.32 Å². The van der Waals surface area contributed by atoms with Gasteiger partial charge in [-0.3, -0.25) is 9.59 Å². The molecule has 160 valence electrons. The molecular formula is C22H30ClNO5. The SMILES string of the molecule is CC1CCC(C(C)C)C(OC(=O)COC(=O)CCNC(=O)c2ccccc2Cl)C1. The van der Waals surface area contributed by atoms with Gasteiger partial charge in [0.15, 0.2) is 6.61 Å². The van der Waals surface area contributed by atoms with Crippen molar-refractivity contribution < 1.29 is 23.9 Å². The fourth-order valence-electron chi connectivity index (χ4n) is 3.68. The summed E-state index contributed by atoms with van der Waals surface area (Å²) in [5.41, 5.74) is 0.340. The second-order valence-electron chi connectivity index (χ2n) is 8.00. The van der Waals surface area contributed by atoms with E-state index < -0.39 is 18.5 Å². The molecule has 7 heteroatoms. The van der Waals surface area contributed by atoms with E-state index in [1.54, 1.807) is 24.3 Å². The summed E-state index contributed by atoms with van der Waals surface area (Å²) in [6.07, 6.45) is 2.86. The van der Waals surface area contributed by atoms with Crippen molar-refractivity contribution in [3.8, 4) is 0 Å². The molecule has 0 spiro atoms. The lowest BCUT2D eigenvalue weighted by Crippen LogP contribution is -2.37. The molecule has 3 atom stereocenters. The predicted molar refractivity (Wildman–Crippen MR) is 111 cm³/mol. The molecular weight excluding hydrogens is 394 g/mol. The molecule has 29 heavy (non-hydrogen) atoms. The summed E-state index contributed by atoms with van der Waals surface area (Å²) in [5, 5.41) is 2.95. The summed E-state index contributed by atoms with van der Waals surface area (Å²) in [6, 6.07) is 6.65. The lowest BCUT2D eigenvalue weighted by Gasteiger charge is -2.36. The fraction of sp³-hybridized carbons (Fsp3) is 0.591. The summed E-state index contributed by atoms with van der Waals surface area (Å²) >= 11 is 5.96. The smallest absolute Gasteiger partial charge is 0.344 e. The highest BCUT2D eigenvalue weighted by molar-refractivity contribution is 6.33. The number of esters is 2. The maximum absolute atomic E-state index is 12.1. The van der Waals surface area contributed by atoms with E-state index >= 15 is 0 Å². The van der Waals surface area contributed by atoms with E-state index in [2.05, 4.69) is 26.1 Å². The van der Waals surface area contributed by atoms with Gasteiger partial charge in [-0.15, -0.1) is 0 Å². The standard InChI is InChI=1S/C22H30ClNO5/c1-14(2)16-9-8-15(3)12-19(16)29-21(26)13-28-20(25)10-11-24-22(27)17-6-4-5-7-18(17)23/h4-7,14-16,19H,8-13H2,1-3H3,(H,24,27). The Labute approximate surface area is 177 Å². The summed E-state index contributed by atoms with van der Waals surface area (Å²) in [6.45, 7) is 6.12. The Kier molecular flexibility index (Phi) is 8.96. The molecule has 0 aromatic heterocycles. The van der Waals surface area contributed by atoms with E-state index in [1.807, 2.05) is 0 Å². The number of amides is 1. The van der Waals surface area contributed by atoms with E-state index in [0.717, 1.165) is 19.3 Å². The van der Waals surface area contributed by atoms with Gasteiger partial charge in [0.25, 0.3) is 5.91 Å². The van der Waals surface area contributed by atoms with Crippen LogP contribution in [0.25, 0.3) is 0 Å². The van der Waals surface area contributed by atoms with Gasteiger partial charge in [0.05, 0.1) is 17.0 Å². The fourth-order valence-corrected chi connectivity index (χ4v) is 3.90. The Bertz CT molecular complexity index is 721. The number of nitrogens with one attached hydrogen (secondary N) is 1. The number of hydrogen-bond acceptors (Lipinski definition) is 5. The second kappa shape index (κ2) is 11.2. The van der Waals surface area contributed by atoms with Crippen molar-refractivity contribution in [2.45, 2.75) is 52.6 Å². The van der Waals surface area contributed by atoms with E-state index in [-0.39, 0.29) is 25.0 Å². The van der Waals surface area contributed by atoms with Crippen molar-refractivity contribution in [1.29, 1.82) is 0 Å². The van der Waals surface area contributed by atoms with Crippen LogP contribution in [0.2, 0.25) is 5.02 Å². The van der Waals surface area contributed by atoms with Crippen molar-refractivity contribution in [2.75, 3.05) is 13.2 Å². The molecule has 0 bridgehead atoms. The maximum Gasteiger partial charge on any atom is 0.344 e. The Hall–Kier alpha value is -2.08. The van der Waals surface area contributed by atoms with E-state index in [9.17, 15) is 14.4 Å². The van der Waals surface area contributed by atoms with Crippen molar-refractivity contribution in [3.63, 3.8) is 0 Å². The average molecular weight is 424 g/mol. The number of carbonyl (C=O) groups excluding carboxylic acids is 3. The zero-order chi connectivity index (χ0) is 21.4. The lowest BCUT2D eigenvalue weighted by molar-refractivity contribution is -0.167. The van der Waals surface area contributed by atoms with Crippen LogP contribution in [0.4, 0.5) is 0 Å². The third kappa shape index (κ3) is 7.35. The third-order valence-corrected chi connectivity index (χ3v) is 5.66. The van der Waals surface area contributed by atoms with Gasteiger partial charge in [0.2, 0.25) is 0 Å². The summed E-state index contributed by atoms with van der Waals surface area (Å²) in [7, 11) is 0. The molecule has 1 amide bonds. The molecule has 0 radical (unpaired) electrons. The Morgan fingerprint density at radius 1 is 1.17 bits per heavy atom. The average Bonchev–Trinajstić information content (AvgIpc) is 2.66. The van der Waals surface area contributed by atoms with Crippen molar-refractivity contribution in [1.82, 2.24) is 5.32 Å². The highest BCUT2D eigenvalue weighted by atomic mass is 35.5. The van der Waals surface area contributed by atoms with Gasteiger partial charge in [0, 0.05) is 6.54 Å². The number of benzene rings is 1. The minimum Gasteiger partial charge on any atom is -0.460 e. The van der Waals surface area contributed by atoms with Gasteiger partial charge >= 0.3 is 11.9 Å². The number of rotatable bonds is 8. The van der Waals surface area contributed by atoms with Gasteiger partial charge in [0.1, 0.15) is 6.10 Å². The Morgan fingerprint density at radius 3 is 2.59 bits per heavy atom. The molecule has 1 aromatic rings. The summed E-state index contributed by atoms with van der Waals surface area (Å²) < 4.78 is 10.6. The van der Waals surface area contributed by atoms with Crippen LogP contribution in [0, 0.1) is 17.8 Å². The van der Waals surface area contributed by atoms with Gasteiger partial charge in [-0.25, -0.2) is 4.79 Å². The first-order chi connectivity index (χ1) is 13.8. The minimum absolute atomic E-state index is 0.0431. The van der Waals surface area contributed by atoms with E-state index in [0.29, 0.717) is 28.3 Å². The molecule has 1 N–H and O–H groups in total. The molecule has 1 aliphatic rings. The molecule has 0 aliphatic heterocycles. The number of hydrogen-bond donors (Lipinski definition) is 1. The Balaban J connectivity index is 1.69. The van der Waals surface area contributed by atoms with Crippen LogP contribution in [0.5, 0.6) is 0 Å². The molecule has 3 unspecified atom stereocenters. The first kappa shape index (κ1) is 23.2. The molecule has 1 saturated carbocycles. The third-order valence-electron chi connectivity index (χ3n) is 5.33. The molecule has 1 fully saturated rings. The van der Waals surface area contributed by atoms with Crippen LogP contribution >= 0.6 is 11.6 Å². The normalized spacial score (nSPS) is 21.5. The lowest BCUT2D eigenvalue weighted by atomic mass is 9.75. The molecule has 6 nitrogen and oxygen atoms in total. The van der Waals surface area contributed by atoms with E-state index in [4.69, 9.17) is 21.1 Å². The molecule has 1 aromatic carbocycles. The van der Waals surface area contributed by atoms with Crippen molar-refractivity contribution in [2.24, 2.45) is 17.8 Å². The summed E-state index contributed by atoms with van der Waals surface area (Å²) in [4.78, 5) is 36.0. The number of carbonyl (C=O) groups is 3. The van der Waals surface area contributed by atoms with Crippen LogP contribution in [0.3, 0.4) is 0 Å². The van der Waals surface area contributed by atoms with Crippen LogP contribution in [0.1, 0.15) is 56.8 Å². The quantitative estimate of drug-likeness (QED) is 0.639. The van der Waals surface area contributed by atoms with E-state index in [1.165, 1.54) is 0 Å². The molecule has 1 aliphatic carbocycles. The maximum atomic E-state index is 12.1. The van der Waals surface area contributed by atoms with Gasteiger partial charge in [-0.05, 0) is 42.7 Å². The van der Waals surface area contributed by atoms with Crippen molar-refractivity contribution in [3.05, 3.63) is 34.9 Å². The minimum atomic E-state index is -0.571. The van der Waals surface area contributed by atoms with Crippen LogP contribution in [-0.4, -0.2) is 37.1 Å². The first-order valence-corrected chi connectivity index (χ1v) is 10.5. The molecule has 0 saturated heterocycles. The summed E-state index contributed by atoms with van der Waals surface area (Å²) in [5.74, 6) is -0.168. The Morgan fingerprint density at radius 2 is 1.90 bits per heavy atom. The van der Waals surface area contributed by atoms with Crippen LogP contribution in [-0.2, 0) is 19.1 Å². The topological polar surface area (TPSA) is 81.7 Å². The zero-order valence-electron chi connectivity index (χ0n) is 17.3. The number of ether oxygens (including phenoxy) is 2. The predicted octanol–water partition coefficient (Wildman–Crippen LogP) is 4.01. The zero-order valence-corrected chi connectivity index (χ0v) is 18.0. The highest BCUT2D eigenvalue weighted by Crippen LogP contribution is 2.35. The molecule has 2 rings (SSSR count).